The van der Waals surface area contributed by atoms with Gasteiger partial charge in [-0.2, -0.15) is 0 Å². The average molecular weight is 305 g/mol. The summed E-state index contributed by atoms with van der Waals surface area (Å²) in [5.41, 5.74) is 18.6. The minimum absolute atomic E-state index is 0.363. The van der Waals surface area contributed by atoms with Crippen LogP contribution >= 0.6 is 0 Å². The Labute approximate surface area is 129 Å². The largest absolute Gasteiger partial charge is 0.491 e. The fourth-order valence-electron chi connectivity index (χ4n) is 2.38. The fraction of sp³-hybridized carbons (Fsp3) is 0.467. The van der Waals surface area contributed by atoms with Gasteiger partial charge in [0.1, 0.15) is 11.3 Å². The van der Waals surface area contributed by atoms with Crippen LogP contribution in [0.25, 0.3) is 11.0 Å². The van der Waals surface area contributed by atoms with Gasteiger partial charge in [-0.25, -0.2) is 4.98 Å². The van der Waals surface area contributed by atoms with Gasteiger partial charge in [0.15, 0.2) is 0 Å². The molecule has 0 aliphatic rings. The maximum Gasteiger partial charge on any atom is 0.248 e. The summed E-state index contributed by atoms with van der Waals surface area (Å²) in [6, 6.07) is 3.30. The molecule has 7 nitrogen and oxygen atoms in total. The summed E-state index contributed by atoms with van der Waals surface area (Å²) in [5.74, 6) is 0.476. The lowest BCUT2D eigenvalue weighted by molar-refractivity contribution is 0.1000. The molecular weight excluding hydrogens is 282 g/mol. The number of primary amides is 1. The smallest absolute Gasteiger partial charge is 0.248 e. The zero-order valence-electron chi connectivity index (χ0n) is 12.8. The molecule has 22 heavy (non-hydrogen) atoms. The predicted octanol–water partition coefficient (Wildman–Crippen LogP) is 1.25. The van der Waals surface area contributed by atoms with Crippen LogP contribution in [0.3, 0.4) is 0 Å². The first-order valence-corrected chi connectivity index (χ1v) is 7.50. The second kappa shape index (κ2) is 7.13. The molecular formula is C15H23N5O2. The third-order valence-corrected chi connectivity index (χ3v) is 3.42. The number of aromatic nitrogens is 2. The Morgan fingerprint density at radius 1 is 1.36 bits per heavy atom. The van der Waals surface area contributed by atoms with Crippen molar-refractivity contribution in [1.82, 2.24) is 9.55 Å². The van der Waals surface area contributed by atoms with Crippen LogP contribution < -0.4 is 21.9 Å². The number of carbonyl (C=O) groups excluding carboxylic acids is 1. The van der Waals surface area contributed by atoms with Gasteiger partial charge in [-0.3, -0.25) is 4.79 Å². The molecule has 1 amide bonds. The Bertz CT molecular complexity index is 665. The van der Waals surface area contributed by atoms with Gasteiger partial charge < -0.3 is 26.5 Å². The van der Waals surface area contributed by atoms with Gasteiger partial charge in [-0.05, 0) is 37.9 Å². The van der Waals surface area contributed by atoms with Crippen LogP contribution in [0.1, 0.15) is 36.5 Å². The molecule has 0 unspecified atom stereocenters. The minimum atomic E-state index is -0.516. The lowest BCUT2D eigenvalue weighted by atomic mass is 10.1. The Hall–Kier alpha value is -2.28. The van der Waals surface area contributed by atoms with E-state index in [0.717, 1.165) is 31.3 Å². The summed E-state index contributed by atoms with van der Waals surface area (Å²) < 4.78 is 7.73. The number of nitrogens with two attached hydrogens (primary N) is 3. The highest BCUT2D eigenvalue weighted by Gasteiger charge is 2.16. The molecule has 0 spiro atoms. The van der Waals surface area contributed by atoms with Crippen molar-refractivity contribution in [3.05, 3.63) is 17.7 Å². The number of aryl methyl sites for hydroxylation is 1. The molecule has 0 radical (unpaired) electrons. The molecule has 0 bridgehead atoms. The van der Waals surface area contributed by atoms with Crippen molar-refractivity contribution in [3.8, 4) is 5.75 Å². The second-order valence-electron chi connectivity index (χ2n) is 5.17. The molecule has 1 aromatic heterocycles. The third kappa shape index (κ3) is 3.30. The van der Waals surface area contributed by atoms with Crippen molar-refractivity contribution in [2.45, 2.75) is 32.7 Å². The number of rotatable bonds is 8. The number of nitrogens with zero attached hydrogens (tertiary/aromatic N) is 2. The Morgan fingerprint density at radius 2 is 2.14 bits per heavy atom. The van der Waals surface area contributed by atoms with Crippen LogP contribution in [0.4, 0.5) is 5.95 Å². The number of unbranched alkanes of at least 4 members (excludes halogenated alkanes) is 1. The summed E-state index contributed by atoms with van der Waals surface area (Å²) in [4.78, 5) is 15.8. The number of benzene rings is 1. The quantitative estimate of drug-likeness (QED) is 0.633. The molecule has 1 aromatic carbocycles. The Kier molecular flexibility index (Phi) is 5.21. The van der Waals surface area contributed by atoms with E-state index in [1.165, 1.54) is 0 Å². The first kappa shape index (κ1) is 16.1. The molecule has 0 atom stereocenters. The number of hydrogen-bond donors (Lipinski definition) is 3. The van der Waals surface area contributed by atoms with Crippen molar-refractivity contribution >= 4 is 22.9 Å². The lowest BCUT2D eigenvalue weighted by Crippen LogP contribution is -2.12. The number of amides is 1. The van der Waals surface area contributed by atoms with E-state index in [2.05, 4.69) is 11.9 Å². The summed E-state index contributed by atoms with van der Waals surface area (Å²) in [7, 11) is 0. The van der Waals surface area contributed by atoms with E-state index < -0.39 is 5.91 Å². The van der Waals surface area contributed by atoms with Gasteiger partial charge in [0, 0.05) is 12.1 Å². The van der Waals surface area contributed by atoms with E-state index in [9.17, 15) is 4.79 Å². The van der Waals surface area contributed by atoms with Gasteiger partial charge in [-0.15, -0.1) is 0 Å². The van der Waals surface area contributed by atoms with Gasteiger partial charge in [0.25, 0.3) is 0 Å². The van der Waals surface area contributed by atoms with Crippen LogP contribution in [0, 0.1) is 0 Å². The lowest BCUT2D eigenvalue weighted by Gasteiger charge is -2.11. The molecule has 0 aliphatic heterocycles. The van der Waals surface area contributed by atoms with Gasteiger partial charge in [-0.1, -0.05) is 6.92 Å². The summed E-state index contributed by atoms with van der Waals surface area (Å²) in [6.45, 7) is 3.94. The molecule has 0 aliphatic carbocycles. The molecule has 6 N–H and O–H groups in total. The predicted molar refractivity (Wildman–Crippen MR) is 86.7 cm³/mol. The normalized spacial score (nSPS) is 11.0. The maximum atomic E-state index is 11.5. The zero-order chi connectivity index (χ0) is 16.1. The molecule has 7 heteroatoms. The van der Waals surface area contributed by atoms with Crippen LogP contribution in [0.15, 0.2) is 12.1 Å². The van der Waals surface area contributed by atoms with Crippen molar-refractivity contribution in [1.29, 1.82) is 0 Å². The second-order valence-corrected chi connectivity index (χ2v) is 5.17. The Balaban J connectivity index is 2.45. The van der Waals surface area contributed by atoms with E-state index in [0.29, 0.717) is 35.9 Å². The molecule has 2 aromatic rings. The molecule has 0 saturated carbocycles. The highest BCUT2D eigenvalue weighted by atomic mass is 16.5. The number of fused-ring (bicyclic) bond motifs is 1. The first-order valence-electron chi connectivity index (χ1n) is 7.50. The van der Waals surface area contributed by atoms with Crippen molar-refractivity contribution in [2.75, 3.05) is 18.9 Å². The van der Waals surface area contributed by atoms with Crippen LogP contribution in [0.2, 0.25) is 0 Å². The van der Waals surface area contributed by atoms with Crippen molar-refractivity contribution in [2.24, 2.45) is 11.5 Å². The molecule has 0 saturated heterocycles. The number of nitrogen functional groups attached to an aromatic ring is 1. The molecule has 120 valence electrons. The third-order valence-electron chi connectivity index (χ3n) is 3.42. The topological polar surface area (TPSA) is 122 Å². The number of hydrogen-bond acceptors (Lipinski definition) is 5. The highest BCUT2D eigenvalue weighted by Crippen LogP contribution is 2.30. The number of carbonyl (C=O) groups is 1. The van der Waals surface area contributed by atoms with Gasteiger partial charge >= 0.3 is 0 Å². The van der Waals surface area contributed by atoms with E-state index in [-0.39, 0.29) is 0 Å². The van der Waals surface area contributed by atoms with Crippen molar-refractivity contribution in [3.63, 3.8) is 0 Å². The van der Waals surface area contributed by atoms with Crippen LogP contribution in [0.5, 0.6) is 5.75 Å². The first-order chi connectivity index (χ1) is 10.6. The van der Waals surface area contributed by atoms with Gasteiger partial charge in [0.2, 0.25) is 11.9 Å². The minimum Gasteiger partial charge on any atom is -0.491 e. The van der Waals surface area contributed by atoms with Gasteiger partial charge in [0.05, 0.1) is 12.1 Å². The fourth-order valence-corrected chi connectivity index (χ4v) is 2.38. The standard InChI is InChI=1S/C15H23N5O2/c1-2-6-20-13-11(19-15(20)18)8-10(14(17)21)9-12(13)22-7-4-3-5-16/h8-9H,2-7,16H2,1H3,(H2,17,21)(H2,18,19). The summed E-state index contributed by atoms with van der Waals surface area (Å²) >= 11 is 0. The molecule has 1 heterocycles. The van der Waals surface area contributed by atoms with E-state index in [1.54, 1.807) is 12.1 Å². The van der Waals surface area contributed by atoms with E-state index in [1.807, 2.05) is 4.57 Å². The average Bonchev–Trinajstić information content (AvgIpc) is 2.80. The van der Waals surface area contributed by atoms with E-state index >= 15 is 0 Å². The maximum absolute atomic E-state index is 11.5. The number of imidazole rings is 1. The van der Waals surface area contributed by atoms with Crippen LogP contribution in [-0.2, 0) is 6.54 Å². The zero-order valence-corrected chi connectivity index (χ0v) is 12.8. The number of anilines is 1. The van der Waals surface area contributed by atoms with Crippen LogP contribution in [-0.4, -0.2) is 28.6 Å². The number of ether oxygens (including phenoxy) is 1. The van der Waals surface area contributed by atoms with E-state index in [4.69, 9.17) is 21.9 Å². The Morgan fingerprint density at radius 3 is 2.77 bits per heavy atom. The molecule has 0 fully saturated rings. The monoisotopic (exact) mass is 305 g/mol. The van der Waals surface area contributed by atoms with Crippen molar-refractivity contribution < 1.29 is 9.53 Å². The summed E-state index contributed by atoms with van der Waals surface area (Å²) in [6.07, 6.45) is 2.64. The SMILES string of the molecule is CCCn1c(N)nc2cc(C(N)=O)cc(OCCCCN)c21. The highest BCUT2D eigenvalue weighted by molar-refractivity contribution is 5.98. The molecule has 2 rings (SSSR count). The summed E-state index contributed by atoms with van der Waals surface area (Å²) in [5, 5.41) is 0.